The maximum Gasteiger partial charge on any atom is 0.119 e. The van der Waals surface area contributed by atoms with Crippen molar-refractivity contribution in [3.8, 4) is 5.75 Å². The molecule has 1 fully saturated rings. The van der Waals surface area contributed by atoms with Crippen LogP contribution in [-0.2, 0) is 13.0 Å². The number of nitrogens with one attached hydrogen (secondary N) is 1. The molecule has 2 N–H and O–H groups in total. The number of ether oxygens (including phenoxy) is 1. The summed E-state index contributed by atoms with van der Waals surface area (Å²) >= 11 is 0. The van der Waals surface area contributed by atoms with E-state index in [2.05, 4.69) is 54.1 Å². The second kappa shape index (κ2) is 8.21. The second-order valence-electron chi connectivity index (χ2n) is 8.78. The lowest BCUT2D eigenvalue weighted by atomic mass is 9.75. The van der Waals surface area contributed by atoms with Crippen molar-refractivity contribution >= 4 is 10.9 Å². The third kappa shape index (κ3) is 4.19. The smallest absolute Gasteiger partial charge is 0.119 e. The summed E-state index contributed by atoms with van der Waals surface area (Å²) in [5, 5.41) is 11.7. The fourth-order valence-electron chi connectivity index (χ4n) is 4.91. The number of piperidine rings is 1. The van der Waals surface area contributed by atoms with Crippen molar-refractivity contribution in [2.75, 3.05) is 26.8 Å². The van der Waals surface area contributed by atoms with E-state index >= 15 is 0 Å². The largest absolute Gasteiger partial charge is 0.497 e. The topological polar surface area (TPSA) is 48.5 Å². The molecule has 0 bridgehead atoms. The highest BCUT2D eigenvalue weighted by molar-refractivity contribution is 5.85. The molecule has 1 aliphatic rings. The van der Waals surface area contributed by atoms with E-state index in [1.165, 1.54) is 33.3 Å². The Morgan fingerprint density at radius 2 is 2.03 bits per heavy atom. The maximum absolute atomic E-state index is 10.4. The van der Waals surface area contributed by atoms with Crippen molar-refractivity contribution in [1.82, 2.24) is 9.88 Å². The molecular weight excluding hydrogens is 360 g/mol. The van der Waals surface area contributed by atoms with Gasteiger partial charge in [0, 0.05) is 35.1 Å². The molecule has 1 saturated heterocycles. The van der Waals surface area contributed by atoms with Crippen LogP contribution in [0, 0.1) is 19.3 Å². The highest BCUT2D eigenvalue weighted by Gasteiger charge is 2.35. The number of aryl methyl sites for hydroxylation is 2. The lowest BCUT2D eigenvalue weighted by molar-refractivity contribution is 0.0289. The minimum absolute atomic E-state index is 0.0967. The zero-order chi connectivity index (χ0) is 20.4. The predicted molar refractivity (Wildman–Crippen MR) is 119 cm³/mol. The van der Waals surface area contributed by atoms with Gasteiger partial charge in [-0.05, 0) is 75.0 Å². The molecule has 3 aromatic rings. The number of H-pyrrole nitrogens is 1. The molecule has 4 nitrogen and oxygen atoms in total. The van der Waals surface area contributed by atoms with Gasteiger partial charge in [0.15, 0.2) is 0 Å². The lowest BCUT2D eigenvalue weighted by Gasteiger charge is -2.42. The second-order valence-corrected chi connectivity index (χ2v) is 8.78. The van der Waals surface area contributed by atoms with Crippen molar-refractivity contribution in [3.05, 3.63) is 64.8 Å². The van der Waals surface area contributed by atoms with Gasteiger partial charge in [0.05, 0.1) is 13.7 Å². The Kier molecular flexibility index (Phi) is 5.66. The first-order valence-electron chi connectivity index (χ1n) is 10.6. The molecule has 4 rings (SSSR count). The van der Waals surface area contributed by atoms with Crippen molar-refractivity contribution in [2.45, 2.75) is 39.7 Å². The molecule has 1 aliphatic heterocycles. The quantitative estimate of drug-likeness (QED) is 0.644. The van der Waals surface area contributed by atoms with Crippen LogP contribution in [0.2, 0.25) is 0 Å². The molecule has 0 amide bonds. The van der Waals surface area contributed by atoms with Crippen molar-refractivity contribution < 1.29 is 9.84 Å². The summed E-state index contributed by atoms with van der Waals surface area (Å²) < 4.78 is 5.39. The van der Waals surface area contributed by atoms with E-state index in [1.807, 2.05) is 12.1 Å². The first kappa shape index (κ1) is 20.0. The Balaban J connectivity index is 1.55. The fraction of sp³-hybridized carbons (Fsp3) is 0.440. The number of rotatable bonds is 6. The van der Waals surface area contributed by atoms with E-state index in [0.29, 0.717) is 0 Å². The molecule has 0 aliphatic carbocycles. The molecule has 1 atom stereocenters. The Morgan fingerprint density at radius 3 is 2.83 bits per heavy atom. The average molecular weight is 393 g/mol. The van der Waals surface area contributed by atoms with Crippen LogP contribution in [0.5, 0.6) is 5.75 Å². The van der Waals surface area contributed by atoms with E-state index in [4.69, 9.17) is 4.74 Å². The monoisotopic (exact) mass is 392 g/mol. The number of hydrogen-bond donors (Lipinski definition) is 2. The first-order valence-corrected chi connectivity index (χ1v) is 10.6. The van der Waals surface area contributed by atoms with Crippen molar-refractivity contribution in [2.24, 2.45) is 5.41 Å². The van der Waals surface area contributed by atoms with Gasteiger partial charge in [-0.25, -0.2) is 0 Å². The molecule has 154 valence electrons. The third-order valence-electron chi connectivity index (χ3n) is 6.45. The number of benzene rings is 2. The summed E-state index contributed by atoms with van der Waals surface area (Å²) in [7, 11) is 1.70. The zero-order valence-corrected chi connectivity index (χ0v) is 17.8. The highest BCUT2D eigenvalue weighted by atomic mass is 16.5. The third-order valence-corrected chi connectivity index (χ3v) is 6.45. The number of likely N-dealkylation sites (tertiary alicyclic amines) is 1. The van der Waals surface area contributed by atoms with Crippen LogP contribution in [-0.4, -0.2) is 41.8 Å². The minimum atomic E-state index is -0.0967. The standard InChI is InChI=1S/C25H32N2O2/c1-18-8-9-24-22(12-18)23(19(2)26-24)15-27-11-5-10-25(16-27,17-28)14-20-6-4-7-21(13-20)29-3/h4,6-9,12-13,26,28H,5,10-11,14-17H2,1-3H3. The molecule has 0 spiro atoms. The van der Waals surface area contributed by atoms with E-state index in [-0.39, 0.29) is 12.0 Å². The number of fused-ring (bicyclic) bond motifs is 1. The van der Waals surface area contributed by atoms with Gasteiger partial charge in [0.25, 0.3) is 0 Å². The van der Waals surface area contributed by atoms with Crippen molar-refractivity contribution in [1.29, 1.82) is 0 Å². The summed E-state index contributed by atoms with van der Waals surface area (Å²) in [5.41, 5.74) is 6.28. The number of methoxy groups -OCH3 is 1. The molecule has 1 unspecified atom stereocenters. The van der Waals surface area contributed by atoms with E-state index in [0.717, 1.165) is 44.6 Å². The van der Waals surface area contributed by atoms with Gasteiger partial charge in [-0.3, -0.25) is 4.90 Å². The summed E-state index contributed by atoms with van der Waals surface area (Å²) in [6, 6.07) is 14.9. The van der Waals surface area contributed by atoms with E-state index < -0.39 is 0 Å². The number of aromatic amines is 1. The number of aliphatic hydroxyl groups is 1. The Hall–Kier alpha value is -2.30. The Labute approximate surface area is 173 Å². The first-order chi connectivity index (χ1) is 14.0. The van der Waals surface area contributed by atoms with Crippen LogP contribution in [0.15, 0.2) is 42.5 Å². The van der Waals surface area contributed by atoms with Gasteiger partial charge in [-0.15, -0.1) is 0 Å². The number of aromatic nitrogens is 1. The SMILES string of the molecule is COc1cccc(CC2(CO)CCCN(Cc3c(C)[nH]c4ccc(C)cc34)C2)c1. The molecular formula is C25H32N2O2. The Morgan fingerprint density at radius 1 is 1.17 bits per heavy atom. The Bertz CT molecular complexity index is 994. The molecule has 2 heterocycles. The number of nitrogens with zero attached hydrogens (tertiary/aromatic N) is 1. The molecule has 0 radical (unpaired) electrons. The number of aliphatic hydroxyl groups excluding tert-OH is 1. The normalized spacial score (nSPS) is 20.3. The predicted octanol–water partition coefficient (Wildman–Crippen LogP) is 4.61. The molecule has 2 aromatic carbocycles. The molecule has 1 aromatic heterocycles. The van der Waals surface area contributed by atoms with Crippen LogP contribution in [0.3, 0.4) is 0 Å². The van der Waals surface area contributed by atoms with E-state index in [1.54, 1.807) is 7.11 Å². The minimum Gasteiger partial charge on any atom is -0.497 e. The summed E-state index contributed by atoms with van der Waals surface area (Å²) in [5.74, 6) is 0.882. The molecule has 0 saturated carbocycles. The molecule has 29 heavy (non-hydrogen) atoms. The van der Waals surface area contributed by atoms with Crippen LogP contribution in [0.1, 0.15) is 35.2 Å². The van der Waals surface area contributed by atoms with Gasteiger partial charge < -0.3 is 14.8 Å². The average Bonchev–Trinajstić information content (AvgIpc) is 3.03. The van der Waals surface area contributed by atoms with Crippen LogP contribution < -0.4 is 4.74 Å². The van der Waals surface area contributed by atoms with Gasteiger partial charge in [-0.1, -0.05) is 23.8 Å². The van der Waals surface area contributed by atoms with Crippen LogP contribution >= 0.6 is 0 Å². The van der Waals surface area contributed by atoms with Gasteiger partial charge in [-0.2, -0.15) is 0 Å². The summed E-state index contributed by atoms with van der Waals surface area (Å²) in [4.78, 5) is 6.07. The maximum atomic E-state index is 10.4. The van der Waals surface area contributed by atoms with E-state index in [9.17, 15) is 5.11 Å². The molecule has 4 heteroatoms. The van der Waals surface area contributed by atoms with Crippen molar-refractivity contribution in [3.63, 3.8) is 0 Å². The summed E-state index contributed by atoms with van der Waals surface area (Å²) in [6.45, 7) is 7.46. The van der Waals surface area contributed by atoms with Crippen LogP contribution in [0.25, 0.3) is 10.9 Å². The van der Waals surface area contributed by atoms with Gasteiger partial charge >= 0.3 is 0 Å². The van der Waals surface area contributed by atoms with Gasteiger partial charge in [0.2, 0.25) is 0 Å². The summed E-state index contributed by atoms with van der Waals surface area (Å²) in [6.07, 6.45) is 3.05. The van der Waals surface area contributed by atoms with Gasteiger partial charge in [0.1, 0.15) is 5.75 Å². The highest BCUT2D eigenvalue weighted by Crippen LogP contribution is 2.35. The fourth-order valence-corrected chi connectivity index (χ4v) is 4.91. The lowest BCUT2D eigenvalue weighted by Crippen LogP contribution is -2.46. The zero-order valence-electron chi connectivity index (χ0n) is 17.8. The van der Waals surface area contributed by atoms with Crippen LogP contribution in [0.4, 0.5) is 0 Å². The number of hydrogen-bond acceptors (Lipinski definition) is 3.